The van der Waals surface area contributed by atoms with E-state index in [2.05, 4.69) is 35.4 Å². The maximum Gasteiger partial charge on any atom is 2.00 e. The van der Waals surface area contributed by atoms with Crippen molar-refractivity contribution >= 4 is 42.8 Å². The summed E-state index contributed by atoms with van der Waals surface area (Å²) in [6.07, 6.45) is -3.45. The molecule has 2 heterocycles. The molecule has 0 radical (unpaired) electrons. The summed E-state index contributed by atoms with van der Waals surface area (Å²) in [6.45, 7) is -0.809. The maximum absolute atomic E-state index is 11.4. The van der Waals surface area contributed by atoms with Crippen LogP contribution < -0.4 is 14.4 Å². The quantitative estimate of drug-likeness (QED) is 0.0987. The van der Waals surface area contributed by atoms with E-state index in [1.807, 2.05) is 0 Å². The fourth-order valence-electron chi connectivity index (χ4n) is 2.18. The summed E-state index contributed by atoms with van der Waals surface area (Å²) in [5, 5.41) is 28.0. The number of hydrogen-bond acceptors (Lipinski definition) is 10. The number of phosphoric ester groups is 1. The minimum atomic E-state index is -5.29. The number of phosphoric acid groups is 1. The Hall–Kier alpha value is -0.586. The molecule has 1 aromatic rings. The van der Waals surface area contributed by atoms with Gasteiger partial charge in [0.05, 0.1) is 14.4 Å². The Balaban J connectivity index is 0.00000338. The van der Waals surface area contributed by atoms with E-state index in [1.165, 1.54) is 6.20 Å². The second kappa shape index (κ2) is 9.07. The number of aromatic nitrogens is 1. The first-order valence-corrected chi connectivity index (χ1v) is 8.88. The van der Waals surface area contributed by atoms with Crippen LogP contribution in [0.1, 0.15) is 22.1 Å². The van der Waals surface area contributed by atoms with Gasteiger partial charge in [-0.3, -0.25) is 0 Å². The topological polar surface area (TPSA) is 163 Å². The van der Waals surface area contributed by atoms with Gasteiger partial charge in [-0.25, -0.2) is 4.57 Å². The number of rotatable bonds is 6. The minimum Gasteiger partial charge on any atom is -0.790 e. The monoisotopic (exact) mass is 466 g/mol. The van der Waals surface area contributed by atoms with E-state index in [-0.39, 0.29) is 27.6 Å². The van der Waals surface area contributed by atoms with Gasteiger partial charge in [-0.05, 0) is 16.2 Å². The average Bonchev–Trinajstić information content (AvgIpc) is 2.79. The number of hydrogen-bond donors (Lipinski definition) is 3. The smallest absolute Gasteiger partial charge is 0.790 e. The van der Waals surface area contributed by atoms with Crippen LogP contribution in [0.3, 0.4) is 0 Å². The summed E-state index contributed by atoms with van der Waals surface area (Å²) in [6, 6.07) is 2.48. The summed E-state index contributed by atoms with van der Waals surface area (Å²) in [4.78, 5) is 32.4. The molecule has 0 spiro atoms. The molecule has 0 amide bonds. The van der Waals surface area contributed by atoms with E-state index >= 15 is 0 Å². The molecule has 1 fully saturated rings. The molecule has 0 aliphatic carbocycles. The van der Waals surface area contributed by atoms with E-state index in [4.69, 9.17) is 4.74 Å². The molecular weight excluding hydrogens is 456 g/mol. The van der Waals surface area contributed by atoms with Gasteiger partial charge in [0.1, 0.15) is 29.7 Å². The van der Waals surface area contributed by atoms with Gasteiger partial charge in [-0.15, -0.1) is 0 Å². The molecule has 1 aliphatic rings. The van der Waals surface area contributed by atoms with Crippen molar-refractivity contribution in [2.75, 3.05) is 6.61 Å². The normalized spacial score (nSPS) is 25.5. The third kappa shape index (κ3) is 5.70. The molecule has 3 N–H and O–H groups in total. The largest absolute Gasteiger partial charge is 2.00 e. The van der Waals surface area contributed by atoms with Crippen molar-refractivity contribution in [2.24, 2.45) is 0 Å². The Morgan fingerprint density at radius 1 is 1.38 bits per heavy atom. The van der Waals surface area contributed by atoms with E-state index in [0.29, 0.717) is 0 Å². The summed E-state index contributed by atoms with van der Waals surface area (Å²) in [5.74, 6) is 0. The molecule has 146 valence electrons. The number of carbonyl (C=O) groups excluding carboxylic acids is 1. The van der Waals surface area contributed by atoms with Crippen LogP contribution in [-0.4, -0.2) is 50.4 Å². The summed E-state index contributed by atoms with van der Waals surface area (Å²) in [7, 11) is -5.29. The Morgan fingerprint density at radius 2 is 1.96 bits per heavy atom. The number of aliphatic hydroxyl groups excluding tert-OH is 3. The number of nitrogens with zero attached hydrogens (tertiary/aromatic N) is 1. The van der Waals surface area contributed by atoms with Crippen molar-refractivity contribution in [3.8, 4) is 0 Å². The summed E-state index contributed by atoms with van der Waals surface area (Å²) >= 11 is 9.10. The van der Waals surface area contributed by atoms with Gasteiger partial charge < -0.3 is 56.4 Å². The summed E-state index contributed by atoms with van der Waals surface area (Å²) in [5.41, 5.74) is -0.239. The molecule has 26 heavy (non-hydrogen) atoms. The minimum absolute atomic E-state index is 0. The van der Waals surface area contributed by atoms with Crippen LogP contribution in [0.4, 0.5) is 0 Å². The van der Waals surface area contributed by atoms with Crippen LogP contribution in [0.2, 0.25) is 0 Å². The Kier molecular flexibility index (Phi) is 8.18. The van der Waals surface area contributed by atoms with Crippen LogP contribution in [-0.2, 0) is 42.9 Å². The van der Waals surface area contributed by atoms with Crippen LogP contribution in [0.25, 0.3) is 0 Å². The molecule has 10 nitrogen and oxygen atoms in total. The molecular formula is C12H11NNiO9PS2-. The standard InChI is InChI=1S/C12H14NO9PS2.Ni/c14-8-7(4-21-23(18,19)20)22-10(9(8)15)13-2-5(11(16)24)1-6(3-13)12(17)25;/h2-3,7-10,14-15H,4H2,(H,16,24)(H,17,25)(H2,18,19,20);/q;+2/p-3/t7-,8-,9-,10-;/m1./s1. The van der Waals surface area contributed by atoms with Gasteiger partial charge in [-0.2, -0.15) is 0 Å². The van der Waals surface area contributed by atoms with Crippen molar-refractivity contribution in [2.45, 2.75) is 24.5 Å². The zero-order valence-corrected chi connectivity index (χ0v) is 16.0. The summed E-state index contributed by atoms with van der Waals surface area (Å²) < 4.78 is 21.0. The molecule has 1 saturated heterocycles. The van der Waals surface area contributed by atoms with Gasteiger partial charge >= 0.3 is 16.5 Å². The van der Waals surface area contributed by atoms with Crippen LogP contribution in [0.15, 0.2) is 12.4 Å². The second-order valence-electron chi connectivity index (χ2n) is 5.04. The van der Waals surface area contributed by atoms with Crippen molar-refractivity contribution in [1.29, 1.82) is 0 Å². The second-order valence-corrected chi connectivity index (χ2v) is 6.95. The third-order valence-corrected chi connectivity index (χ3v) is 4.21. The van der Waals surface area contributed by atoms with Crippen molar-refractivity contribution < 1.29 is 64.8 Å². The van der Waals surface area contributed by atoms with Gasteiger partial charge in [0, 0.05) is 0 Å². The third-order valence-electron chi connectivity index (χ3n) is 3.30. The van der Waals surface area contributed by atoms with Crippen LogP contribution >= 0.6 is 20.0 Å². The first kappa shape index (κ1) is 23.5. The Morgan fingerprint density at radius 3 is 2.46 bits per heavy atom. The number of carbonyl (C=O) groups is 1. The fraction of sp³-hybridized carbons (Fsp3) is 0.417. The van der Waals surface area contributed by atoms with Gasteiger partial charge in [0.2, 0.25) is 0 Å². The van der Waals surface area contributed by atoms with Gasteiger partial charge in [-0.1, -0.05) is 18.3 Å². The van der Waals surface area contributed by atoms with Crippen LogP contribution in [0.5, 0.6) is 0 Å². The predicted molar refractivity (Wildman–Crippen MR) is 81.0 cm³/mol. The van der Waals surface area contributed by atoms with E-state index in [1.54, 1.807) is 0 Å². The first-order valence-electron chi connectivity index (χ1n) is 6.60. The van der Waals surface area contributed by atoms with Gasteiger partial charge in [0.25, 0.3) is 6.23 Å². The average molecular weight is 467 g/mol. The molecule has 2 rings (SSSR count). The Bertz CT molecular complexity index is 713. The SMILES string of the molecule is O=C([S-])c1[c-]c(C(O)=S)c[n+]([C@@H]2O[C@H](COP(=O)([O-])[O-])[C@@H](O)[C@H]2O)c1.[Ni+2]. The molecule has 0 bridgehead atoms. The number of thiocarbonyl (C=S) groups is 1. The molecule has 0 aromatic carbocycles. The van der Waals surface area contributed by atoms with Crippen LogP contribution in [0, 0.1) is 6.07 Å². The van der Waals surface area contributed by atoms with E-state index in [9.17, 15) is 34.5 Å². The van der Waals surface area contributed by atoms with Gasteiger partial charge in [0.15, 0.2) is 6.10 Å². The van der Waals surface area contributed by atoms with E-state index < -0.39 is 49.1 Å². The molecule has 0 unspecified atom stereocenters. The molecule has 14 heteroatoms. The zero-order chi connectivity index (χ0) is 18.9. The van der Waals surface area contributed by atoms with Crippen molar-refractivity contribution in [3.05, 3.63) is 29.6 Å². The van der Waals surface area contributed by atoms with Crippen molar-refractivity contribution in [1.82, 2.24) is 0 Å². The fourth-order valence-corrected chi connectivity index (χ4v) is 2.72. The van der Waals surface area contributed by atoms with E-state index in [0.717, 1.165) is 10.8 Å². The molecule has 1 aliphatic heterocycles. The molecule has 1 aromatic heterocycles. The number of pyridine rings is 1. The van der Waals surface area contributed by atoms with Crippen molar-refractivity contribution in [3.63, 3.8) is 0 Å². The predicted octanol–water partition coefficient (Wildman–Crippen LogP) is -2.84. The number of ether oxygens (including phenoxy) is 1. The maximum atomic E-state index is 11.4. The zero-order valence-electron chi connectivity index (χ0n) is 12.5. The molecule has 4 atom stereocenters. The number of aliphatic hydroxyl groups is 3. The Labute approximate surface area is 168 Å². The first-order chi connectivity index (χ1) is 11.5. The molecule has 0 saturated carbocycles.